The highest BCUT2D eigenvalue weighted by Gasteiger charge is 2.65. The van der Waals surface area contributed by atoms with E-state index in [-0.39, 0.29) is 11.5 Å². The van der Waals surface area contributed by atoms with E-state index in [1.165, 1.54) is 32.1 Å². The molecule has 2 N–H and O–H groups in total. The first kappa shape index (κ1) is 24.5. The third-order valence-electron chi connectivity index (χ3n) is 11.6. The molecule has 0 aromatic heterocycles. The van der Waals surface area contributed by atoms with Crippen molar-refractivity contribution in [1.82, 2.24) is 0 Å². The Labute approximate surface area is 198 Å². The van der Waals surface area contributed by atoms with Gasteiger partial charge < -0.3 is 10.2 Å². The average molecular weight is 443 g/mol. The first-order valence-corrected chi connectivity index (χ1v) is 13.5. The summed E-state index contributed by atoms with van der Waals surface area (Å²) in [4.78, 5) is 0. The van der Waals surface area contributed by atoms with Gasteiger partial charge in [-0.1, -0.05) is 65.3 Å². The van der Waals surface area contributed by atoms with Gasteiger partial charge in [0.05, 0.1) is 11.7 Å². The molecular weight excluding hydrogens is 392 g/mol. The fraction of sp³-hybridized carbons (Fsp3) is 0.867. The summed E-state index contributed by atoms with van der Waals surface area (Å²) in [5, 5.41) is 20.9. The molecule has 3 saturated carbocycles. The molecule has 0 aromatic carbocycles. The molecule has 2 nitrogen and oxygen atoms in total. The van der Waals surface area contributed by atoms with Crippen molar-refractivity contribution >= 4 is 0 Å². The highest BCUT2D eigenvalue weighted by Crippen LogP contribution is 2.73. The van der Waals surface area contributed by atoms with Crippen LogP contribution < -0.4 is 0 Å². The second-order valence-corrected chi connectivity index (χ2v) is 14.1. The number of aliphatic hydroxyl groups is 2. The minimum absolute atomic E-state index is 0.0101. The average Bonchev–Trinajstić information content (AvgIpc) is 2.96. The summed E-state index contributed by atoms with van der Waals surface area (Å²) in [6.45, 7) is 18.6. The van der Waals surface area contributed by atoms with E-state index >= 15 is 0 Å². The van der Waals surface area contributed by atoms with Gasteiger partial charge in [0.1, 0.15) is 0 Å². The van der Waals surface area contributed by atoms with Crippen molar-refractivity contribution in [3.05, 3.63) is 23.8 Å². The molecule has 0 saturated heterocycles. The minimum Gasteiger partial charge on any atom is -0.393 e. The number of aliphatic hydroxyl groups excluding tert-OH is 1. The second-order valence-electron chi connectivity index (χ2n) is 14.1. The highest BCUT2D eigenvalue weighted by atomic mass is 16.3. The van der Waals surface area contributed by atoms with E-state index in [1.54, 1.807) is 5.57 Å². The third-order valence-corrected chi connectivity index (χ3v) is 11.6. The first-order chi connectivity index (χ1) is 14.7. The smallest absolute Gasteiger partial charge is 0.0771 e. The van der Waals surface area contributed by atoms with Gasteiger partial charge >= 0.3 is 0 Å². The van der Waals surface area contributed by atoms with Crippen LogP contribution in [0.3, 0.4) is 0 Å². The molecular formula is C30H50O2. The van der Waals surface area contributed by atoms with Crippen LogP contribution in [0.4, 0.5) is 0 Å². The summed E-state index contributed by atoms with van der Waals surface area (Å²) < 4.78 is 0. The molecule has 4 aliphatic carbocycles. The normalized spacial score (nSPS) is 46.9. The lowest BCUT2D eigenvalue weighted by Gasteiger charge is -2.64. The quantitative estimate of drug-likeness (QED) is 0.448. The summed E-state index contributed by atoms with van der Waals surface area (Å²) in [6.07, 6.45) is 16.4. The third kappa shape index (κ3) is 3.49. The fourth-order valence-corrected chi connectivity index (χ4v) is 9.39. The van der Waals surface area contributed by atoms with Crippen molar-refractivity contribution in [2.75, 3.05) is 0 Å². The van der Waals surface area contributed by atoms with Gasteiger partial charge in [0.25, 0.3) is 0 Å². The predicted molar refractivity (Wildman–Crippen MR) is 134 cm³/mol. The zero-order valence-electron chi connectivity index (χ0n) is 22.2. The molecule has 0 aromatic rings. The van der Waals surface area contributed by atoms with E-state index in [0.717, 1.165) is 25.2 Å². The Bertz CT molecular complexity index is 785. The minimum atomic E-state index is -0.716. The molecule has 0 amide bonds. The van der Waals surface area contributed by atoms with E-state index in [1.807, 2.05) is 19.9 Å². The summed E-state index contributed by atoms with van der Waals surface area (Å²) in [7, 11) is 0. The van der Waals surface area contributed by atoms with Crippen molar-refractivity contribution in [3.8, 4) is 0 Å². The van der Waals surface area contributed by atoms with Gasteiger partial charge in [0.15, 0.2) is 0 Å². The SMILES string of the molecule is C[C@@H](C/C=C\C(C)(C)O)[C@@H]1CC[C@]2(C)C3=CC[C@H]4C(C)(C)[C@@H](O)CC[C@]4(C)[C@H]3CC[C@@]12C. The summed E-state index contributed by atoms with van der Waals surface area (Å²) >= 11 is 0. The van der Waals surface area contributed by atoms with Gasteiger partial charge in [-0.3, -0.25) is 0 Å². The molecule has 32 heavy (non-hydrogen) atoms. The Balaban J connectivity index is 1.62. The van der Waals surface area contributed by atoms with Crippen LogP contribution in [0.25, 0.3) is 0 Å². The second kappa shape index (κ2) is 7.70. The number of rotatable bonds is 4. The van der Waals surface area contributed by atoms with Gasteiger partial charge in [0.2, 0.25) is 0 Å². The van der Waals surface area contributed by atoms with Crippen LogP contribution in [0.1, 0.15) is 107 Å². The maximum Gasteiger partial charge on any atom is 0.0771 e. The Morgan fingerprint density at radius 3 is 2.41 bits per heavy atom. The van der Waals surface area contributed by atoms with E-state index in [2.05, 4.69) is 53.7 Å². The zero-order valence-corrected chi connectivity index (χ0v) is 22.2. The lowest BCUT2D eigenvalue weighted by Crippen LogP contribution is -2.58. The van der Waals surface area contributed by atoms with Crippen LogP contribution in [0.15, 0.2) is 23.8 Å². The molecule has 0 aliphatic heterocycles. The lowest BCUT2D eigenvalue weighted by atomic mass is 9.41. The number of fused-ring (bicyclic) bond motifs is 5. The van der Waals surface area contributed by atoms with E-state index in [9.17, 15) is 10.2 Å². The van der Waals surface area contributed by atoms with Crippen LogP contribution in [0.2, 0.25) is 0 Å². The van der Waals surface area contributed by atoms with Gasteiger partial charge in [-0.05, 0) is 111 Å². The van der Waals surface area contributed by atoms with Crippen LogP contribution in [0, 0.1) is 45.3 Å². The van der Waals surface area contributed by atoms with Gasteiger partial charge in [-0.15, -0.1) is 0 Å². The van der Waals surface area contributed by atoms with Crippen molar-refractivity contribution in [1.29, 1.82) is 0 Å². The van der Waals surface area contributed by atoms with Crippen molar-refractivity contribution in [3.63, 3.8) is 0 Å². The van der Waals surface area contributed by atoms with Crippen LogP contribution in [-0.2, 0) is 0 Å². The predicted octanol–water partition coefficient (Wildman–Crippen LogP) is 7.31. The maximum atomic E-state index is 10.8. The van der Waals surface area contributed by atoms with Crippen molar-refractivity contribution < 1.29 is 10.2 Å². The largest absolute Gasteiger partial charge is 0.393 e. The van der Waals surface area contributed by atoms with Gasteiger partial charge in [-0.2, -0.15) is 0 Å². The number of allylic oxidation sites excluding steroid dienone is 3. The molecule has 8 atom stereocenters. The van der Waals surface area contributed by atoms with Gasteiger partial charge in [-0.25, -0.2) is 0 Å². The molecule has 3 fully saturated rings. The topological polar surface area (TPSA) is 40.5 Å². The fourth-order valence-electron chi connectivity index (χ4n) is 9.39. The Morgan fingerprint density at radius 2 is 1.75 bits per heavy atom. The molecule has 2 heteroatoms. The zero-order chi connectivity index (χ0) is 23.7. The van der Waals surface area contributed by atoms with Crippen molar-refractivity contribution in [2.45, 2.75) is 118 Å². The molecule has 4 aliphatic rings. The van der Waals surface area contributed by atoms with Crippen molar-refractivity contribution in [2.24, 2.45) is 45.3 Å². The van der Waals surface area contributed by atoms with E-state index in [0.29, 0.717) is 34.0 Å². The molecule has 0 unspecified atom stereocenters. The van der Waals surface area contributed by atoms with Crippen LogP contribution in [-0.4, -0.2) is 21.9 Å². The van der Waals surface area contributed by atoms with Crippen LogP contribution >= 0.6 is 0 Å². The Hall–Kier alpha value is -0.600. The molecule has 4 rings (SSSR count). The Morgan fingerprint density at radius 1 is 1.06 bits per heavy atom. The number of hydrogen-bond donors (Lipinski definition) is 2. The lowest BCUT2D eigenvalue weighted by molar-refractivity contribution is -0.131. The molecule has 0 bridgehead atoms. The monoisotopic (exact) mass is 442 g/mol. The first-order valence-electron chi connectivity index (χ1n) is 13.5. The molecule has 0 spiro atoms. The Kier molecular flexibility index (Phi) is 5.90. The highest BCUT2D eigenvalue weighted by molar-refractivity contribution is 5.33. The van der Waals surface area contributed by atoms with E-state index < -0.39 is 5.60 Å². The van der Waals surface area contributed by atoms with E-state index in [4.69, 9.17) is 0 Å². The van der Waals surface area contributed by atoms with Crippen LogP contribution in [0.5, 0.6) is 0 Å². The summed E-state index contributed by atoms with van der Waals surface area (Å²) in [5.74, 6) is 2.67. The number of hydrogen-bond acceptors (Lipinski definition) is 2. The molecule has 182 valence electrons. The van der Waals surface area contributed by atoms with Gasteiger partial charge in [0, 0.05) is 0 Å². The standard InChI is InChI=1S/C30H50O2/c1-20(10-9-16-26(2,3)32)21-13-18-30(8)23-11-12-24-27(4,5)25(31)15-17-28(24,6)22(23)14-19-29(21,30)7/h9,11,16,20-22,24-25,31-32H,10,12-15,17-19H2,1-8H3/b16-9-/t20-,21-,22-,24-,25-,28+,29-,30+/m0/s1. The molecule has 0 radical (unpaired) electrons. The summed E-state index contributed by atoms with van der Waals surface area (Å²) in [5.41, 5.74) is 2.09. The summed E-state index contributed by atoms with van der Waals surface area (Å²) in [6, 6.07) is 0. The maximum absolute atomic E-state index is 10.8. The molecule has 0 heterocycles.